The molecule has 3 nitrogen and oxygen atoms in total. The molecule has 0 bridgehead atoms. The third-order valence-electron chi connectivity index (χ3n) is 2.65. The Morgan fingerprint density at radius 1 is 1.39 bits per heavy atom. The molecule has 98 valence electrons. The highest BCUT2D eigenvalue weighted by atomic mass is 16.5. The van der Waals surface area contributed by atoms with E-state index in [4.69, 9.17) is 4.74 Å². The molecule has 1 aromatic rings. The lowest BCUT2D eigenvalue weighted by molar-refractivity contribution is -0.140. The van der Waals surface area contributed by atoms with E-state index in [0.717, 1.165) is 12.0 Å². The Kier molecular flexibility index (Phi) is 6.15. The van der Waals surface area contributed by atoms with Crippen LogP contribution in [0.3, 0.4) is 0 Å². The second-order valence-corrected chi connectivity index (χ2v) is 4.20. The van der Waals surface area contributed by atoms with Crippen LogP contribution in [0.2, 0.25) is 0 Å². The molecule has 3 heteroatoms. The van der Waals surface area contributed by atoms with Crippen LogP contribution in [-0.4, -0.2) is 23.8 Å². The fourth-order valence-corrected chi connectivity index (χ4v) is 1.55. The summed E-state index contributed by atoms with van der Waals surface area (Å²) >= 11 is 0. The Labute approximate surface area is 108 Å². The Bertz CT molecular complexity index is 384. The topological polar surface area (TPSA) is 46.5 Å². The Morgan fingerprint density at radius 3 is 2.67 bits per heavy atom. The number of esters is 1. The molecule has 0 saturated heterocycles. The van der Waals surface area contributed by atoms with Crippen molar-refractivity contribution < 1.29 is 14.6 Å². The smallest absolute Gasteiger partial charge is 0.336 e. The van der Waals surface area contributed by atoms with Crippen molar-refractivity contribution in [2.24, 2.45) is 0 Å². The van der Waals surface area contributed by atoms with Crippen molar-refractivity contribution in [1.82, 2.24) is 0 Å². The predicted octanol–water partition coefficient (Wildman–Crippen LogP) is 2.49. The van der Waals surface area contributed by atoms with Crippen LogP contribution >= 0.6 is 0 Å². The summed E-state index contributed by atoms with van der Waals surface area (Å²) < 4.78 is 4.93. The number of carbonyl (C=O) groups excluding carboxylic acids is 1. The number of carbonyl (C=O) groups is 1. The molecule has 0 aliphatic rings. The maximum atomic E-state index is 11.5. The van der Waals surface area contributed by atoms with Gasteiger partial charge in [-0.2, -0.15) is 0 Å². The molecule has 1 N–H and O–H groups in total. The Hall–Kier alpha value is -1.61. The Balaban J connectivity index is 2.38. The third-order valence-corrected chi connectivity index (χ3v) is 2.65. The van der Waals surface area contributed by atoms with Gasteiger partial charge in [-0.25, -0.2) is 4.79 Å². The molecular weight excluding hydrogens is 228 g/mol. The van der Waals surface area contributed by atoms with Gasteiger partial charge in [-0.05, 0) is 24.8 Å². The van der Waals surface area contributed by atoms with E-state index in [1.807, 2.05) is 37.3 Å². The third kappa shape index (κ3) is 4.72. The zero-order valence-corrected chi connectivity index (χ0v) is 10.8. The molecule has 18 heavy (non-hydrogen) atoms. The van der Waals surface area contributed by atoms with Gasteiger partial charge < -0.3 is 9.84 Å². The fourth-order valence-electron chi connectivity index (χ4n) is 1.55. The summed E-state index contributed by atoms with van der Waals surface area (Å²) in [5.41, 5.74) is 1.27. The lowest BCUT2D eigenvalue weighted by Crippen LogP contribution is -2.20. The first-order valence-electron chi connectivity index (χ1n) is 6.23. The van der Waals surface area contributed by atoms with Gasteiger partial charge in [0, 0.05) is 0 Å². The van der Waals surface area contributed by atoms with Gasteiger partial charge in [0.05, 0.1) is 18.3 Å². The van der Waals surface area contributed by atoms with Crippen LogP contribution in [0.4, 0.5) is 0 Å². The monoisotopic (exact) mass is 248 g/mol. The molecule has 0 aliphatic carbocycles. The summed E-state index contributed by atoms with van der Waals surface area (Å²) in [7, 11) is 0. The van der Waals surface area contributed by atoms with Gasteiger partial charge in [-0.1, -0.05) is 43.8 Å². The van der Waals surface area contributed by atoms with Gasteiger partial charge in [0.15, 0.2) is 0 Å². The van der Waals surface area contributed by atoms with Crippen molar-refractivity contribution in [1.29, 1.82) is 0 Å². The second kappa shape index (κ2) is 7.67. The van der Waals surface area contributed by atoms with Crippen LogP contribution in [0, 0.1) is 0 Å². The van der Waals surface area contributed by atoms with Crippen LogP contribution in [0.1, 0.15) is 25.3 Å². The maximum Gasteiger partial charge on any atom is 0.336 e. The molecule has 1 rings (SSSR count). The zero-order chi connectivity index (χ0) is 13.4. The molecule has 0 radical (unpaired) electrons. The number of aliphatic hydroxyl groups is 1. The van der Waals surface area contributed by atoms with E-state index in [-0.39, 0.29) is 5.57 Å². The molecule has 0 saturated carbocycles. The first-order valence-corrected chi connectivity index (χ1v) is 6.23. The van der Waals surface area contributed by atoms with Crippen LogP contribution in [-0.2, 0) is 16.0 Å². The summed E-state index contributed by atoms with van der Waals surface area (Å²) in [6.07, 6.45) is 1.11. The summed E-state index contributed by atoms with van der Waals surface area (Å²) in [4.78, 5) is 11.5. The van der Waals surface area contributed by atoms with Crippen LogP contribution in [0.25, 0.3) is 0 Å². The fraction of sp³-hybridized carbons (Fsp3) is 0.400. The van der Waals surface area contributed by atoms with Crippen LogP contribution in [0.15, 0.2) is 42.5 Å². The highest BCUT2D eigenvalue weighted by molar-refractivity contribution is 5.88. The summed E-state index contributed by atoms with van der Waals surface area (Å²) in [6.45, 7) is 5.88. The minimum absolute atomic E-state index is 0.138. The van der Waals surface area contributed by atoms with E-state index in [1.54, 1.807) is 0 Å². The lowest BCUT2D eigenvalue weighted by atomic mass is 10.0. The molecule has 0 amide bonds. The number of rotatable bonds is 7. The first-order chi connectivity index (χ1) is 8.65. The number of aliphatic hydroxyl groups excluding tert-OH is 1. The van der Waals surface area contributed by atoms with E-state index in [1.165, 1.54) is 0 Å². The highest BCUT2D eigenvalue weighted by Gasteiger charge is 2.17. The molecule has 1 atom stereocenters. The van der Waals surface area contributed by atoms with Gasteiger partial charge in [-0.3, -0.25) is 0 Å². The second-order valence-electron chi connectivity index (χ2n) is 4.20. The average molecular weight is 248 g/mol. The van der Waals surface area contributed by atoms with E-state index in [0.29, 0.717) is 19.4 Å². The first kappa shape index (κ1) is 14.5. The molecule has 0 fully saturated rings. The van der Waals surface area contributed by atoms with Gasteiger partial charge in [0.2, 0.25) is 0 Å². The molecule has 0 spiro atoms. The number of aryl methyl sites for hydroxylation is 1. The van der Waals surface area contributed by atoms with E-state index >= 15 is 0 Å². The molecule has 0 heterocycles. The lowest BCUT2D eigenvalue weighted by Gasteiger charge is -2.12. The van der Waals surface area contributed by atoms with Gasteiger partial charge >= 0.3 is 5.97 Å². The SMILES string of the molecule is C=C(C(=O)OCCC)C(O)CCc1ccccc1. The van der Waals surface area contributed by atoms with Crippen molar-refractivity contribution in [2.45, 2.75) is 32.3 Å². The highest BCUT2D eigenvalue weighted by Crippen LogP contribution is 2.11. The van der Waals surface area contributed by atoms with E-state index < -0.39 is 12.1 Å². The number of ether oxygens (including phenoxy) is 1. The molecule has 0 aliphatic heterocycles. The van der Waals surface area contributed by atoms with Gasteiger partial charge in [0.1, 0.15) is 0 Å². The Morgan fingerprint density at radius 2 is 2.06 bits per heavy atom. The van der Waals surface area contributed by atoms with Crippen molar-refractivity contribution in [3.05, 3.63) is 48.0 Å². The largest absolute Gasteiger partial charge is 0.462 e. The number of hydrogen-bond acceptors (Lipinski definition) is 3. The van der Waals surface area contributed by atoms with Crippen LogP contribution < -0.4 is 0 Å². The predicted molar refractivity (Wildman–Crippen MR) is 71.2 cm³/mol. The minimum Gasteiger partial charge on any atom is -0.462 e. The van der Waals surface area contributed by atoms with Crippen molar-refractivity contribution >= 4 is 5.97 Å². The molecule has 1 unspecified atom stereocenters. The summed E-state index contributed by atoms with van der Waals surface area (Å²) in [5, 5.41) is 9.85. The number of benzene rings is 1. The van der Waals surface area contributed by atoms with Crippen LogP contribution in [0.5, 0.6) is 0 Å². The molecule has 1 aromatic carbocycles. The summed E-state index contributed by atoms with van der Waals surface area (Å²) in [5.74, 6) is -0.502. The van der Waals surface area contributed by atoms with Gasteiger partial charge in [-0.15, -0.1) is 0 Å². The maximum absolute atomic E-state index is 11.5. The zero-order valence-electron chi connectivity index (χ0n) is 10.8. The van der Waals surface area contributed by atoms with E-state index in [9.17, 15) is 9.90 Å². The standard InChI is InChI=1S/C15H20O3/c1-3-11-18-15(17)12(2)14(16)10-9-13-7-5-4-6-8-13/h4-8,14,16H,2-3,9-11H2,1H3. The van der Waals surface area contributed by atoms with Gasteiger partial charge in [0.25, 0.3) is 0 Å². The molecule has 0 aromatic heterocycles. The quantitative estimate of drug-likeness (QED) is 0.595. The average Bonchev–Trinajstić information content (AvgIpc) is 2.42. The van der Waals surface area contributed by atoms with E-state index in [2.05, 4.69) is 6.58 Å². The normalized spacial score (nSPS) is 11.9. The van der Waals surface area contributed by atoms with Crippen molar-refractivity contribution in [3.8, 4) is 0 Å². The number of hydrogen-bond donors (Lipinski definition) is 1. The minimum atomic E-state index is -0.838. The molecular formula is C15H20O3. The summed E-state index contributed by atoms with van der Waals surface area (Å²) in [6, 6.07) is 9.83. The van der Waals surface area contributed by atoms with Crippen molar-refractivity contribution in [2.75, 3.05) is 6.61 Å². The van der Waals surface area contributed by atoms with Crippen molar-refractivity contribution in [3.63, 3.8) is 0 Å².